The fourth-order valence-corrected chi connectivity index (χ4v) is 4.37. The number of ether oxygens (including phenoxy) is 2. The van der Waals surface area contributed by atoms with Gasteiger partial charge in [0.15, 0.2) is 4.32 Å². The summed E-state index contributed by atoms with van der Waals surface area (Å²) in [4.78, 5) is 15.0. The summed E-state index contributed by atoms with van der Waals surface area (Å²) in [6.07, 6.45) is 1.79. The monoisotopic (exact) mass is 451 g/mol. The van der Waals surface area contributed by atoms with Gasteiger partial charge in [0.25, 0.3) is 5.91 Å². The molecule has 1 aliphatic rings. The first kappa shape index (κ1) is 21.1. The molecule has 0 atom stereocenters. The Balaban J connectivity index is 1.52. The van der Waals surface area contributed by atoms with Gasteiger partial charge in [0.2, 0.25) is 0 Å². The van der Waals surface area contributed by atoms with Crippen LogP contribution in [-0.2, 0) is 11.4 Å². The third-order valence-corrected chi connectivity index (χ3v) is 5.90. The summed E-state index contributed by atoms with van der Waals surface area (Å²) in [6.45, 7) is 0.319. The third-order valence-electron chi connectivity index (χ3n) is 4.59. The molecular weight excluding hydrogens is 433 g/mol. The summed E-state index contributed by atoms with van der Waals surface area (Å²) in [7, 11) is 1.56. The fraction of sp³-hybridized carbons (Fsp3) is 0.0833. The van der Waals surface area contributed by atoms with E-state index in [0.717, 1.165) is 11.1 Å². The molecule has 156 valence electrons. The van der Waals surface area contributed by atoms with E-state index >= 15 is 0 Å². The van der Waals surface area contributed by atoms with Gasteiger partial charge < -0.3 is 9.47 Å². The molecule has 1 saturated heterocycles. The molecule has 0 N–H and O–H groups in total. The van der Waals surface area contributed by atoms with E-state index in [1.807, 2.05) is 36.4 Å². The zero-order valence-electron chi connectivity index (χ0n) is 16.6. The van der Waals surface area contributed by atoms with Gasteiger partial charge >= 0.3 is 0 Å². The zero-order chi connectivity index (χ0) is 21.8. The third kappa shape index (κ3) is 4.78. The lowest BCUT2D eigenvalue weighted by Crippen LogP contribution is -2.27. The van der Waals surface area contributed by atoms with E-state index in [-0.39, 0.29) is 11.7 Å². The number of amides is 1. The number of thiocarbonyl (C=S) groups is 1. The molecule has 1 amide bonds. The van der Waals surface area contributed by atoms with Crippen LogP contribution in [-0.4, -0.2) is 17.3 Å². The highest BCUT2D eigenvalue weighted by molar-refractivity contribution is 8.27. The molecule has 0 radical (unpaired) electrons. The highest BCUT2D eigenvalue weighted by Gasteiger charge is 2.34. The van der Waals surface area contributed by atoms with Crippen molar-refractivity contribution in [2.24, 2.45) is 0 Å². The molecule has 1 fully saturated rings. The fourth-order valence-electron chi connectivity index (χ4n) is 3.08. The molecule has 1 aliphatic heterocycles. The maximum absolute atomic E-state index is 13.0. The van der Waals surface area contributed by atoms with Crippen molar-refractivity contribution in [3.63, 3.8) is 0 Å². The predicted octanol–water partition coefficient (Wildman–Crippen LogP) is 5.82. The van der Waals surface area contributed by atoms with Crippen LogP contribution in [0.1, 0.15) is 11.1 Å². The highest BCUT2D eigenvalue weighted by atomic mass is 32.2. The van der Waals surface area contributed by atoms with Crippen molar-refractivity contribution in [3.8, 4) is 11.5 Å². The van der Waals surface area contributed by atoms with Crippen LogP contribution in [0, 0.1) is 5.82 Å². The Bertz CT molecular complexity index is 1160. The predicted molar refractivity (Wildman–Crippen MR) is 126 cm³/mol. The van der Waals surface area contributed by atoms with Gasteiger partial charge in [-0.05, 0) is 53.6 Å². The quantitative estimate of drug-likeness (QED) is 0.349. The number of nitrogens with zero attached hydrogens (tertiary/aromatic N) is 1. The standard InChI is InChI=1S/C24H18FNO3S2/c1-28-21-8-3-2-7-20(21)26-23(27)22(31-24(26)30)14-17-5-4-6-19(13-17)29-15-16-9-11-18(25)12-10-16/h2-14H,15H2,1H3. The maximum atomic E-state index is 13.0. The number of thioether (sulfide) groups is 1. The van der Waals surface area contributed by atoms with Crippen molar-refractivity contribution in [1.29, 1.82) is 0 Å². The summed E-state index contributed by atoms with van der Waals surface area (Å²) in [5, 5.41) is 0. The topological polar surface area (TPSA) is 38.8 Å². The molecule has 0 unspecified atom stereocenters. The lowest BCUT2D eigenvalue weighted by Gasteiger charge is -2.17. The number of carbonyl (C=O) groups excluding carboxylic acids is 1. The van der Waals surface area contributed by atoms with Crippen LogP contribution in [0.2, 0.25) is 0 Å². The maximum Gasteiger partial charge on any atom is 0.270 e. The molecule has 0 aliphatic carbocycles. The molecule has 4 rings (SSSR count). The van der Waals surface area contributed by atoms with Crippen molar-refractivity contribution < 1.29 is 18.7 Å². The van der Waals surface area contributed by atoms with Gasteiger partial charge in [0.1, 0.15) is 23.9 Å². The van der Waals surface area contributed by atoms with E-state index in [1.165, 1.54) is 28.8 Å². The second-order valence-electron chi connectivity index (χ2n) is 6.68. The number of para-hydroxylation sites is 2. The number of halogens is 1. The zero-order valence-corrected chi connectivity index (χ0v) is 18.2. The van der Waals surface area contributed by atoms with Crippen LogP contribution in [0.15, 0.2) is 77.7 Å². The van der Waals surface area contributed by atoms with E-state index in [0.29, 0.717) is 33.0 Å². The molecule has 0 bridgehead atoms. The van der Waals surface area contributed by atoms with Gasteiger partial charge in [-0.2, -0.15) is 0 Å². The van der Waals surface area contributed by atoms with E-state index in [4.69, 9.17) is 21.7 Å². The van der Waals surface area contributed by atoms with E-state index < -0.39 is 0 Å². The number of hydrogen-bond acceptors (Lipinski definition) is 5. The Kier molecular flexibility index (Phi) is 6.34. The van der Waals surface area contributed by atoms with Crippen LogP contribution < -0.4 is 14.4 Å². The van der Waals surface area contributed by atoms with E-state index in [1.54, 1.807) is 37.5 Å². The molecule has 4 nitrogen and oxygen atoms in total. The minimum Gasteiger partial charge on any atom is -0.495 e. The SMILES string of the molecule is COc1ccccc1N1C(=O)C(=Cc2cccc(OCc3ccc(F)cc3)c2)SC1=S. The minimum absolute atomic E-state index is 0.197. The van der Waals surface area contributed by atoms with Crippen LogP contribution in [0.5, 0.6) is 11.5 Å². The molecule has 1 heterocycles. The summed E-state index contributed by atoms with van der Waals surface area (Å²) in [5.74, 6) is 0.753. The highest BCUT2D eigenvalue weighted by Crippen LogP contribution is 2.39. The van der Waals surface area contributed by atoms with E-state index in [2.05, 4.69) is 0 Å². The molecular formula is C24H18FNO3S2. The average molecular weight is 452 g/mol. The van der Waals surface area contributed by atoms with Gasteiger partial charge in [-0.15, -0.1) is 0 Å². The summed E-state index contributed by atoms with van der Waals surface area (Å²) in [5.41, 5.74) is 2.30. The molecule has 31 heavy (non-hydrogen) atoms. The molecule has 3 aromatic rings. The van der Waals surface area contributed by atoms with Crippen molar-refractivity contribution >= 4 is 46.0 Å². The Morgan fingerprint density at radius 3 is 2.61 bits per heavy atom. The number of methoxy groups -OCH3 is 1. The number of benzene rings is 3. The van der Waals surface area contributed by atoms with Crippen LogP contribution in [0.25, 0.3) is 6.08 Å². The smallest absolute Gasteiger partial charge is 0.270 e. The van der Waals surface area contributed by atoms with Gasteiger partial charge in [-0.1, -0.05) is 60.4 Å². The van der Waals surface area contributed by atoms with Crippen LogP contribution in [0.3, 0.4) is 0 Å². The Labute approximate surface area is 189 Å². The summed E-state index contributed by atoms with van der Waals surface area (Å²) < 4.78 is 24.7. The number of carbonyl (C=O) groups is 1. The number of anilines is 1. The van der Waals surface area contributed by atoms with Gasteiger partial charge in [0, 0.05) is 0 Å². The second kappa shape index (κ2) is 9.32. The van der Waals surface area contributed by atoms with Crippen molar-refractivity contribution in [3.05, 3.63) is 94.6 Å². The second-order valence-corrected chi connectivity index (χ2v) is 8.35. The Morgan fingerprint density at radius 1 is 1.06 bits per heavy atom. The number of rotatable bonds is 6. The molecule has 0 saturated carbocycles. The Hall–Kier alpha value is -3.16. The van der Waals surface area contributed by atoms with E-state index in [9.17, 15) is 9.18 Å². The van der Waals surface area contributed by atoms with Crippen molar-refractivity contribution in [2.75, 3.05) is 12.0 Å². The molecule has 0 spiro atoms. The van der Waals surface area contributed by atoms with Gasteiger partial charge in [-0.25, -0.2) is 4.39 Å². The first-order chi connectivity index (χ1) is 15.0. The Morgan fingerprint density at radius 2 is 1.84 bits per heavy atom. The van der Waals surface area contributed by atoms with Crippen LogP contribution in [0.4, 0.5) is 10.1 Å². The van der Waals surface area contributed by atoms with Gasteiger partial charge in [0.05, 0.1) is 17.7 Å². The molecule has 0 aromatic heterocycles. The van der Waals surface area contributed by atoms with Gasteiger partial charge in [-0.3, -0.25) is 9.69 Å². The lowest BCUT2D eigenvalue weighted by molar-refractivity contribution is -0.113. The first-order valence-corrected chi connectivity index (χ1v) is 10.7. The summed E-state index contributed by atoms with van der Waals surface area (Å²) >= 11 is 6.70. The normalized spacial score (nSPS) is 14.9. The molecule has 7 heteroatoms. The van der Waals surface area contributed by atoms with Crippen molar-refractivity contribution in [2.45, 2.75) is 6.61 Å². The van der Waals surface area contributed by atoms with Crippen LogP contribution >= 0.6 is 24.0 Å². The van der Waals surface area contributed by atoms with Crippen molar-refractivity contribution in [1.82, 2.24) is 0 Å². The lowest BCUT2D eigenvalue weighted by atomic mass is 10.2. The largest absolute Gasteiger partial charge is 0.495 e. The summed E-state index contributed by atoms with van der Waals surface area (Å²) in [6, 6.07) is 20.9. The average Bonchev–Trinajstić information content (AvgIpc) is 3.06. The first-order valence-electron chi connectivity index (χ1n) is 9.43. The molecule has 3 aromatic carbocycles. The minimum atomic E-state index is -0.281. The number of hydrogen-bond donors (Lipinski definition) is 0.